The van der Waals surface area contributed by atoms with Crippen LogP contribution in [0.4, 0.5) is 0 Å². The molecule has 0 spiro atoms. The predicted molar refractivity (Wildman–Crippen MR) is 69.6 cm³/mol. The number of nitrogens with one attached hydrogen (secondary N) is 2. The summed E-state index contributed by atoms with van der Waals surface area (Å²) in [5.41, 5.74) is 0.0511. The highest BCUT2D eigenvalue weighted by molar-refractivity contribution is 5.77. The first-order valence-electron chi connectivity index (χ1n) is 6.44. The second kappa shape index (κ2) is 8.09. The number of hydrogen-bond donors (Lipinski definition) is 2. The second-order valence-electron chi connectivity index (χ2n) is 5.14. The van der Waals surface area contributed by atoms with Gasteiger partial charge in [0.2, 0.25) is 11.8 Å². The Hall–Kier alpha value is -1.06. The predicted octanol–water partition coefficient (Wildman–Crippen LogP) is 1.85. The van der Waals surface area contributed by atoms with Crippen LogP contribution in [0.5, 0.6) is 0 Å². The molecule has 0 bridgehead atoms. The largest absolute Gasteiger partial charge is 0.354 e. The summed E-state index contributed by atoms with van der Waals surface area (Å²) >= 11 is 0. The molecule has 0 fully saturated rings. The van der Waals surface area contributed by atoms with Crippen molar-refractivity contribution >= 4 is 11.8 Å². The van der Waals surface area contributed by atoms with Gasteiger partial charge in [-0.2, -0.15) is 0 Å². The fourth-order valence-corrected chi connectivity index (χ4v) is 1.34. The first-order valence-corrected chi connectivity index (χ1v) is 6.44. The van der Waals surface area contributed by atoms with Crippen LogP contribution in [-0.2, 0) is 9.59 Å². The Morgan fingerprint density at radius 1 is 1.00 bits per heavy atom. The average molecular weight is 242 g/mol. The van der Waals surface area contributed by atoms with Gasteiger partial charge in [-0.1, -0.05) is 34.1 Å². The topological polar surface area (TPSA) is 58.2 Å². The maximum absolute atomic E-state index is 11.6. The fourth-order valence-electron chi connectivity index (χ4n) is 1.34. The maximum Gasteiger partial charge on any atom is 0.220 e. The minimum Gasteiger partial charge on any atom is -0.354 e. The smallest absolute Gasteiger partial charge is 0.220 e. The minimum absolute atomic E-state index is 0.0511. The molecule has 0 aliphatic heterocycles. The van der Waals surface area contributed by atoms with E-state index in [0.29, 0.717) is 25.9 Å². The molecule has 0 aromatic rings. The van der Waals surface area contributed by atoms with E-state index in [2.05, 4.69) is 31.4 Å². The molecule has 0 aromatic heterocycles. The van der Waals surface area contributed by atoms with E-state index in [9.17, 15) is 9.59 Å². The molecule has 0 rings (SSSR count). The first kappa shape index (κ1) is 15.9. The van der Waals surface area contributed by atoms with Crippen molar-refractivity contribution < 1.29 is 9.59 Å². The van der Waals surface area contributed by atoms with Crippen LogP contribution in [0.2, 0.25) is 0 Å². The molecule has 0 saturated carbocycles. The van der Waals surface area contributed by atoms with Crippen molar-refractivity contribution in [1.29, 1.82) is 0 Å². The van der Waals surface area contributed by atoms with E-state index in [0.717, 1.165) is 12.8 Å². The van der Waals surface area contributed by atoms with E-state index in [1.807, 2.05) is 6.92 Å². The van der Waals surface area contributed by atoms with E-state index in [1.165, 1.54) is 0 Å². The molecule has 4 nitrogen and oxygen atoms in total. The van der Waals surface area contributed by atoms with Crippen LogP contribution in [0.15, 0.2) is 0 Å². The van der Waals surface area contributed by atoms with Gasteiger partial charge in [0.05, 0.1) is 0 Å². The second-order valence-corrected chi connectivity index (χ2v) is 5.14. The maximum atomic E-state index is 11.6. The third-order valence-corrected chi connectivity index (χ3v) is 2.84. The van der Waals surface area contributed by atoms with Gasteiger partial charge in [0, 0.05) is 25.9 Å². The molecule has 2 N–H and O–H groups in total. The van der Waals surface area contributed by atoms with Crippen molar-refractivity contribution in [2.24, 2.45) is 5.41 Å². The fraction of sp³-hybridized carbons (Fsp3) is 0.846. The van der Waals surface area contributed by atoms with Crippen molar-refractivity contribution in [2.45, 2.75) is 53.4 Å². The van der Waals surface area contributed by atoms with Gasteiger partial charge >= 0.3 is 0 Å². The quantitative estimate of drug-likeness (QED) is 0.638. The van der Waals surface area contributed by atoms with Crippen LogP contribution in [0, 0.1) is 5.41 Å². The van der Waals surface area contributed by atoms with Gasteiger partial charge in [0.15, 0.2) is 0 Å². The van der Waals surface area contributed by atoms with Gasteiger partial charge in [-0.15, -0.1) is 0 Å². The molecular weight excluding hydrogens is 216 g/mol. The summed E-state index contributed by atoms with van der Waals surface area (Å²) in [5.74, 6) is 0.109. The Balaban J connectivity index is 3.62. The van der Waals surface area contributed by atoms with Gasteiger partial charge in [-0.3, -0.25) is 9.59 Å². The molecular formula is C13H26N2O2. The molecule has 0 aliphatic carbocycles. The van der Waals surface area contributed by atoms with Crippen molar-refractivity contribution in [1.82, 2.24) is 10.6 Å². The van der Waals surface area contributed by atoms with Gasteiger partial charge in [0.1, 0.15) is 0 Å². The summed E-state index contributed by atoms with van der Waals surface area (Å²) in [6, 6.07) is 0. The summed E-state index contributed by atoms with van der Waals surface area (Å²) in [4.78, 5) is 22.7. The summed E-state index contributed by atoms with van der Waals surface area (Å²) in [5, 5.41) is 5.58. The monoisotopic (exact) mass is 242 g/mol. The molecule has 0 unspecified atom stereocenters. The SMILES string of the molecule is CCCC(=O)NCCNC(=O)CC(C)(C)CC. The normalized spacial score (nSPS) is 11.1. The van der Waals surface area contributed by atoms with Gasteiger partial charge < -0.3 is 10.6 Å². The van der Waals surface area contributed by atoms with Crippen molar-refractivity contribution in [3.05, 3.63) is 0 Å². The van der Waals surface area contributed by atoms with Gasteiger partial charge in [0.25, 0.3) is 0 Å². The highest BCUT2D eigenvalue weighted by Crippen LogP contribution is 2.23. The summed E-state index contributed by atoms with van der Waals surface area (Å²) in [6.45, 7) is 9.23. The summed E-state index contributed by atoms with van der Waals surface area (Å²) in [7, 11) is 0. The number of rotatable bonds is 8. The minimum atomic E-state index is 0.0511. The van der Waals surface area contributed by atoms with Crippen LogP contribution in [0.1, 0.15) is 53.4 Å². The number of carbonyl (C=O) groups excluding carboxylic acids is 2. The van der Waals surface area contributed by atoms with Crippen LogP contribution in [0.3, 0.4) is 0 Å². The molecule has 0 radical (unpaired) electrons. The third kappa shape index (κ3) is 8.72. The lowest BCUT2D eigenvalue weighted by atomic mass is 9.86. The Labute approximate surface area is 105 Å². The average Bonchev–Trinajstić information content (AvgIpc) is 2.24. The number of hydrogen-bond acceptors (Lipinski definition) is 2. The molecule has 0 aromatic carbocycles. The third-order valence-electron chi connectivity index (χ3n) is 2.84. The van der Waals surface area contributed by atoms with Crippen LogP contribution >= 0.6 is 0 Å². The van der Waals surface area contributed by atoms with Crippen LogP contribution in [-0.4, -0.2) is 24.9 Å². The zero-order valence-electron chi connectivity index (χ0n) is 11.6. The molecule has 100 valence electrons. The van der Waals surface area contributed by atoms with Gasteiger partial charge in [-0.05, 0) is 11.8 Å². The molecule has 0 aliphatic rings. The summed E-state index contributed by atoms with van der Waals surface area (Å²) < 4.78 is 0. The first-order chi connectivity index (χ1) is 7.91. The van der Waals surface area contributed by atoms with Crippen molar-refractivity contribution in [3.63, 3.8) is 0 Å². The standard InChI is InChI=1S/C13H26N2O2/c1-5-7-11(16)14-8-9-15-12(17)10-13(3,4)6-2/h5-10H2,1-4H3,(H,14,16)(H,15,17). The van der Waals surface area contributed by atoms with E-state index < -0.39 is 0 Å². The molecule has 4 heteroatoms. The zero-order valence-corrected chi connectivity index (χ0v) is 11.6. The van der Waals surface area contributed by atoms with Crippen LogP contribution < -0.4 is 10.6 Å². The van der Waals surface area contributed by atoms with E-state index in [1.54, 1.807) is 0 Å². The summed E-state index contributed by atoms with van der Waals surface area (Å²) in [6.07, 6.45) is 2.92. The van der Waals surface area contributed by atoms with Gasteiger partial charge in [-0.25, -0.2) is 0 Å². The lowest BCUT2D eigenvalue weighted by molar-refractivity contribution is -0.124. The lowest BCUT2D eigenvalue weighted by Crippen LogP contribution is -2.36. The Morgan fingerprint density at radius 3 is 2.00 bits per heavy atom. The van der Waals surface area contributed by atoms with E-state index in [4.69, 9.17) is 0 Å². The molecule has 17 heavy (non-hydrogen) atoms. The lowest BCUT2D eigenvalue weighted by Gasteiger charge is -2.21. The van der Waals surface area contributed by atoms with Crippen molar-refractivity contribution in [2.75, 3.05) is 13.1 Å². The zero-order chi connectivity index (χ0) is 13.3. The van der Waals surface area contributed by atoms with E-state index in [-0.39, 0.29) is 17.2 Å². The van der Waals surface area contributed by atoms with Crippen molar-refractivity contribution in [3.8, 4) is 0 Å². The van der Waals surface area contributed by atoms with E-state index >= 15 is 0 Å². The van der Waals surface area contributed by atoms with Crippen LogP contribution in [0.25, 0.3) is 0 Å². The Morgan fingerprint density at radius 2 is 1.53 bits per heavy atom. The molecule has 0 heterocycles. The molecule has 0 atom stereocenters. The Kier molecular flexibility index (Phi) is 7.59. The highest BCUT2D eigenvalue weighted by Gasteiger charge is 2.19. The highest BCUT2D eigenvalue weighted by atomic mass is 16.2. The number of amides is 2. The molecule has 0 saturated heterocycles. The number of carbonyl (C=O) groups is 2. The molecule has 2 amide bonds. The Bertz CT molecular complexity index is 250.